The lowest BCUT2D eigenvalue weighted by atomic mass is 9.90. The average molecular weight is 863 g/mol. The van der Waals surface area contributed by atoms with E-state index in [4.69, 9.17) is 0 Å². The zero-order valence-corrected chi connectivity index (χ0v) is 34.0. The predicted molar refractivity (Wildman–Crippen MR) is 248 cm³/mol. The summed E-state index contributed by atoms with van der Waals surface area (Å²) in [5, 5.41) is 6.38. The number of aromatic nitrogens is 4. The summed E-state index contributed by atoms with van der Waals surface area (Å²) in [7, 11) is 0. The highest BCUT2D eigenvalue weighted by Crippen LogP contribution is 2.46. The van der Waals surface area contributed by atoms with Gasteiger partial charge in [-0.3, -0.25) is 4.98 Å². The molecule has 12 rings (SSSR count). The maximum Gasteiger partial charge on any atom is 0.417 e. The van der Waals surface area contributed by atoms with Gasteiger partial charge in [0.05, 0.1) is 44.2 Å². The quantitative estimate of drug-likeness (QED) is 0.158. The Bertz CT molecular complexity index is 3580. The van der Waals surface area contributed by atoms with Crippen molar-refractivity contribution in [3.8, 4) is 39.3 Å². The second-order valence-corrected chi connectivity index (χ2v) is 16.2. The van der Waals surface area contributed by atoms with Gasteiger partial charge in [0, 0.05) is 61.8 Å². The fraction of sp³-hybridized carbons (Fsp3) is 0.0364. The third-order valence-corrected chi connectivity index (χ3v) is 12.6. The number of fused-ring (bicyclic) bond motifs is 9. The van der Waals surface area contributed by atoms with Gasteiger partial charge in [0.25, 0.3) is 0 Å². The highest BCUT2D eigenvalue weighted by Gasteiger charge is 2.40. The summed E-state index contributed by atoms with van der Waals surface area (Å²) in [4.78, 5) is 3.83. The van der Waals surface area contributed by atoms with E-state index in [-0.39, 0.29) is 11.1 Å². The number of benzene rings is 8. The molecule has 314 valence electrons. The summed E-state index contributed by atoms with van der Waals surface area (Å²) in [6.07, 6.45) is -7.38. The van der Waals surface area contributed by atoms with E-state index in [1.54, 1.807) is 12.1 Å². The van der Waals surface area contributed by atoms with E-state index in [0.29, 0.717) is 17.8 Å². The van der Waals surface area contributed by atoms with E-state index < -0.39 is 34.6 Å². The average Bonchev–Trinajstić information content (AvgIpc) is 3.96. The monoisotopic (exact) mass is 862 g/mol. The molecule has 0 aliphatic carbocycles. The van der Waals surface area contributed by atoms with Gasteiger partial charge in [0.15, 0.2) is 0 Å². The SMILES string of the molecule is FC(F)(F)c1cc(-c2ccc(-n3c4ccc(-n5c6ccccc6c6ccccc65)cc4c4cc(-n5c6ccccc6c6ccccc65)ccc43)cc2)c(C(F)(F)F)cc1-c1ccncc1. The normalized spacial score (nSPS) is 12.5. The Morgan fingerprint density at radius 1 is 0.308 bits per heavy atom. The highest BCUT2D eigenvalue weighted by atomic mass is 19.4. The summed E-state index contributed by atoms with van der Waals surface area (Å²) in [6.45, 7) is 0. The number of hydrogen-bond acceptors (Lipinski definition) is 1. The largest absolute Gasteiger partial charge is 0.417 e. The molecule has 4 nitrogen and oxygen atoms in total. The zero-order chi connectivity index (χ0) is 44.2. The molecular weight excluding hydrogens is 831 g/mol. The van der Waals surface area contributed by atoms with Crippen molar-refractivity contribution < 1.29 is 26.3 Å². The Labute approximate surface area is 366 Å². The molecule has 65 heavy (non-hydrogen) atoms. The lowest BCUT2D eigenvalue weighted by Gasteiger charge is -2.20. The molecule has 0 radical (unpaired) electrons. The van der Waals surface area contributed by atoms with Crippen LogP contribution in [0.5, 0.6) is 0 Å². The zero-order valence-electron chi connectivity index (χ0n) is 34.0. The summed E-state index contributed by atoms with van der Waals surface area (Å²) in [6, 6.07) is 55.8. The van der Waals surface area contributed by atoms with Crippen LogP contribution in [0.2, 0.25) is 0 Å². The first-order chi connectivity index (χ1) is 31.5. The summed E-state index contributed by atoms with van der Waals surface area (Å²) in [5.41, 5.74) is 4.92. The maximum atomic E-state index is 14.8. The Kier molecular flexibility index (Phi) is 8.42. The Morgan fingerprint density at radius 3 is 1.02 bits per heavy atom. The van der Waals surface area contributed by atoms with Crippen molar-refractivity contribution in [3.63, 3.8) is 0 Å². The highest BCUT2D eigenvalue weighted by molar-refractivity contribution is 6.14. The molecule has 10 heteroatoms. The van der Waals surface area contributed by atoms with Crippen molar-refractivity contribution in [2.24, 2.45) is 0 Å². The molecule has 0 bridgehead atoms. The third-order valence-electron chi connectivity index (χ3n) is 12.6. The molecule has 0 saturated heterocycles. The van der Waals surface area contributed by atoms with Crippen LogP contribution in [-0.4, -0.2) is 18.7 Å². The third kappa shape index (κ3) is 6.04. The van der Waals surface area contributed by atoms with Gasteiger partial charge in [-0.05, 0) is 119 Å². The van der Waals surface area contributed by atoms with Gasteiger partial charge in [-0.25, -0.2) is 0 Å². The molecule has 0 fully saturated rings. The molecule has 0 atom stereocenters. The Balaban J connectivity index is 1.08. The van der Waals surface area contributed by atoms with Crippen LogP contribution in [0.3, 0.4) is 0 Å². The fourth-order valence-corrected chi connectivity index (χ4v) is 9.82. The van der Waals surface area contributed by atoms with Gasteiger partial charge in [-0.2, -0.15) is 26.3 Å². The second kappa shape index (κ2) is 14.2. The van der Waals surface area contributed by atoms with Crippen molar-refractivity contribution in [2.75, 3.05) is 0 Å². The lowest BCUT2D eigenvalue weighted by Crippen LogP contribution is -2.13. The first-order valence-corrected chi connectivity index (χ1v) is 20.9. The molecule has 0 aliphatic rings. The maximum absolute atomic E-state index is 14.8. The molecule has 4 aromatic heterocycles. The molecule has 4 heterocycles. The van der Waals surface area contributed by atoms with Gasteiger partial charge in [-0.1, -0.05) is 84.9 Å². The first kappa shape index (κ1) is 38.6. The molecule has 0 spiro atoms. The minimum atomic E-state index is -4.95. The number of pyridine rings is 1. The number of nitrogens with zero attached hydrogens (tertiary/aromatic N) is 4. The van der Waals surface area contributed by atoms with Crippen LogP contribution >= 0.6 is 0 Å². The number of hydrogen-bond donors (Lipinski definition) is 0. The predicted octanol–water partition coefficient (Wildman–Crippen LogP) is 15.7. The lowest BCUT2D eigenvalue weighted by molar-refractivity contribution is -0.140. The molecule has 0 aliphatic heterocycles. The number of para-hydroxylation sites is 4. The van der Waals surface area contributed by atoms with Crippen molar-refractivity contribution in [1.82, 2.24) is 18.7 Å². The molecule has 12 aromatic rings. The van der Waals surface area contributed by atoms with Gasteiger partial charge in [0.1, 0.15) is 0 Å². The van der Waals surface area contributed by atoms with Crippen molar-refractivity contribution in [3.05, 3.63) is 206 Å². The van der Waals surface area contributed by atoms with Crippen LogP contribution in [0.25, 0.3) is 105 Å². The van der Waals surface area contributed by atoms with Crippen LogP contribution in [0.15, 0.2) is 194 Å². The molecule has 8 aromatic carbocycles. The minimum Gasteiger partial charge on any atom is -0.309 e. The number of rotatable bonds is 5. The fourth-order valence-electron chi connectivity index (χ4n) is 9.82. The molecule has 0 unspecified atom stereocenters. The van der Waals surface area contributed by atoms with E-state index in [9.17, 15) is 26.3 Å². The van der Waals surface area contributed by atoms with Gasteiger partial charge < -0.3 is 13.7 Å². The topological polar surface area (TPSA) is 27.7 Å². The van der Waals surface area contributed by atoms with Crippen LogP contribution < -0.4 is 0 Å². The van der Waals surface area contributed by atoms with Crippen molar-refractivity contribution >= 4 is 65.4 Å². The van der Waals surface area contributed by atoms with Gasteiger partial charge in [0.2, 0.25) is 0 Å². The van der Waals surface area contributed by atoms with Crippen LogP contribution in [0.4, 0.5) is 26.3 Å². The van der Waals surface area contributed by atoms with Crippen LogP contribution in [0.1, 0.15) is 11.1 Å². The van der Waals surface area contributed by atoms with E-state index in [0.717, 1.165) is 76.8 Å². The number of halogens is 6. The van der Waals surface area contributed by atoms with E-state index in [1.165, 1.54) is 36.7 Å². The smallest absolute Gasteiger partial charge is 0.309 e. The Hall–Kier alpha value is -8.11. The standard InChI is InChI=1S/C55H32F6N4/c56-54(57,58)46-32-43(34-25-27-62-28-26-34)47(55(59,60)61)31-42(46)33-17-19-35(20-18-33)63-52-23-21-36(64-48-13-5-1-9-38(48)39-10-2-6-14-49(39)64)29-44(52)45-30-37(22-24-53(45)63)65-50-15-7-3-11-40(50)41-12-4-8-16-51(41)65/h1-32H. The summed E-state index contributed by atoms with van der Waals surface area (Å²) < 4.78 is 95.0. The Morgan fingerprint density at radius 2 is 0.631 bits per heavy atom. The molecule has 0 saturated carbocycles. The van der Waals surface area contributed by atoms with E-state index in [1.807, 2.05) is 48.5 Å². The van der Waals surface area contributed by atoms with Gasteiger partial charge in [-0.15, -0.1) is 0 Å². The van der Waals surface area contributed by atoms with Gasteiger partial charge >= 0.3 is 12.4 Å². The molecule has 0 N–H and O–H groups in total. The van der Waals surface area contributed by atoms with E-state index >= 15 is 0 Å². The summed E-state index contributed by atoms with van der Waals surface area (Å²) in [5.74, 6) is 0. The second-order valence-electron chi connectivity index (χ2n) is 16.2. The number of alkyl halides is 6. The van der Waals surface area contributed by atoms with Crippen molar-refractivity contribution in [1.29, 1.82) is 0 Å². The summed E-state index contributed by atoms with van der Waals surface area (Å²) >= 11 is 0. The van der Waals surface area contributed by atoms with Crippen molar-refractivity contribution in [2.45, 2.75) is 12.4 Å². The van der Waals surface area contributed by atoms with E-state index in [2.05, 4.69) is 104 Å². The molecule has 0 amide bonds. The minimum absolute atomic E-state index is 0.00378. The van der Waals surface area contributed by atoms with Crippen LogP contribution in [0, 0.1) is 0 Å². The first-order valence-electron chi connectivity index (χ1n) is 20.9. The molecular formula is C55H32F6N4. The van der Waals surface area contributed by atoms with Crippen LogP contribution in [-0.2, 0) is 12.4 Å².